The highest BCUT2D eigenvalue weighted by Gasteiger charge is 2.34. The van der Waals surface area contributed by atoms with Crippen LogP contribution in [-0.2, 0) is 10.9 Å². The molecule has 4 heteroatoms. The quantitative estimate of drug-likeness (QED) is 0.639. The molecule has 1 aromatic carbocycles. The molecule has 0 saturated carbocycles. The van der Waals surface area contributed by atoms with Crippen molar-refractivity contribution < 1.29 is 17.9 Å². The van der Waals surface area contributed by atoms with Gasteiger partial charge in [0.1, 0.15) is 11.4 Å². The highest BCUT2D eigenvalue weighted by molar-refractivity contribution is 5.50. The van der Waals surface area contributed by atoms with E-state index in [1.54, 1.807) is 6.07 Å². The van der Waals surface area contributed by atoms with Crippen LogP contribution in [0.3, 0.4) is 0 Å². The predicted octanol–water partition coefficient (Wildman–Crippen LogP) is 5.76. The van der Waals surface area contributed by atoms with Gasteiger partial charge in [0.05, 0.1) is 5.56 Å². The summed E-state index contributed by atoms with van der Waals surface area (Å²) in [6.45, 7) is 5.95. The molecule has 1 aliphatic heterocycles. The minimum Gasteiger partial charge on any atom is -0.483 e. The molecule has 0 radical (unpaired) electrons. The zero-order valence-corrected chi connectivity index (χ0v) is 13.4. The number of benzene rings is 1. The fourth-order valence-corrected chi connectivity index (χ4v) is 3.40. The lowest BCUT2D eigenvalue weighted by Gasteiger charge is -2.36. The molecule has 0 fully saturated rings. The Morgan fingerprint density at radius 3 is 2.65 bits per heavy atom. The van der Waals surface area contributed by atoms with Crippen LogP contribution in [0.15, 0.2) is 59.4 Å². The van der Waals surface area contributed by atoms with Crippen molar-refractivity contribution in [2.24, 2.45) is 0 Å². The van der Waals surface area contributed by atoms with E-state index in [2.05, 4.69) is 0 Å². The number of alkyl halides is 3. The number of hydrogen-bond acceptors (Lipinski definition) is 1. The molecule has 1 atom stereocenters. The Kier molecular flexibility index (Phi) is 3.66. The van der Waals surface area contributed by atoms with Gasteiger partial charge in [-0.3, -0.25) is 0 Å². The third-order valence-electron chi connectivity index (χ3n) is 4.23. The van der Waals surface area contributed by atoms with Gasteiger partial charge in [0.25, 0.3) is 0 Å². The lowest BCUT2D eigenvalue weighted by molar-refractivity contribution is -0.137. The molecule has 0 saturated heterocycles. The molecule has 1 aliphatic carbocycles. The van der Waals surface area contributed by atoms with Crippen molar-refractivity contribution in [3.8, 4) is 0 Å². The van der Waals surface area contributed by atoms with Crippen LogP contribution >= 0.6 is 0 Å². The average molecular weight is 320 g/mol. The summed E-state index contributed by atoms with van der Waals surface area (Å²) in [4.78, 5) is 0. The van der Waals surface area contributed by atoms with Crippen molar-refractivity contribution in [3.05, 3.63) is 70.5 Å². The predicted molar refractivity (Wildman–Crippen MR) is 83.9 cm³/mol. The molecule has 1 nitrogen and oxygen atoms in total. The van der Waals surface area contributed by atoms with Crippen LogP contribution in [0, 0.1) is 0 Å². The van der Waals surface area contributed by atoms with E-state index >= 15 is 0 Å². The summed E-state index contributed by atoms with van der Waals surface area (Å²) in [5.74, 6) is 0.660. The Balaban J connectivity index is 2.04. The van der Waals surface area contributed by atoms with Gasteiger partial charge in [0, 0.05) is 11.5 Å². The molecule has 0 bridgehead atoms. The molecule has 2 aliphatic rings. The minimum atomic E-state index is -4.33. The van der Waals surface area contributed by atoms with Crippen LogP contribution in [0.4, 0.5) is 13.2 Å². The third kappa shape index (κ3) is 3.07. The lowest BCUT2D eigenvalue weighted by Crippen LogP contribution is -2.28. The highest BCUT2D eigenvalue weighted by Crippen LogP contribution is 2.44. The average Bonchev–Trinajstić information content (AvgIpc) is 2.44. The van der Waals surface area contributed by atoms with Crippen molar-refractivity contribution in [1.29, 1.82) is 0 Å². The van der Waals surface area contributed by atoms with Crippen LogP contribution in [0.5, 0.6) is 0 Å². The van der Waals surface area contributed by atoms with Crippen LogP contribution in [0.1, 0.15) is 44.2 Å². The maximum atomic E-state index is 13.0. The summed E-state index contributed by atoms with van der Waals surface area (Å²) in [6.07, 6.45) is 2.28. The molecule has 0 spiro atoms. The Hall–Kier alpha value is -1.97. The first-order chi connectivity index (χ1) is 10.7. The first kappa shape index (κ1) is 15.9. The normalized spacial score (nSPS) is 23.2. The number of halogens is 3. The zero-order chi connectivity index (χ0) is 16.8. The monoisotopic (exact) mass is 320 g/mol. The second kappa shape index (κ2) is 5.29. The van der Waals surface area contributed by atoms with E-state index in [9.17, 15) is 13.2 Å². The second-order valence-electron chi connectivity index (χ2n) is 6.62. The Morgan fingerprint density at radius 1 is 1.22 bits per heavy atom. The van der Waals surface area contributed by atoms with Crippen molar-refractivity contribution in [3.63, 3.8) is 0 Å². The zero-order valence-electron chi connectivity index (χ0n) is 13.4. The van der Waals surface area contributed by atoms with Crippen molar-refractivity contribution in [1.82, 2.24) is 0 Å². The van der Waals surface area contributed by atoms with Gasteiger partial charge in [0.2, 0.25) is 0 Å². The maximum Gasteiger partial charge on any atom is 0.416 e. The summed E-state index contributed by atoms with van der Waals surface area (Å²) < 4.78 is 44.9. The molecule has 122 valence electrons. The molecule has 0 amide bonds. The largest absolute Gasteiger partial charge is 0.483 e. The molecule has 3 rings (SSSR count). The standard InChI is InChI=1S/C19H19F3O/c1-12-11-18(2,3)23-16-9-5-8-15(17(12)16)13-6-4-7-14(10-13)19(20,21)22/h4-7,9-11,15H,8H2,1-3H3/t15-/m1/s1. The van der Waals surface area contributed by atoms with E-state index in [1.807, 2.05) is 39.0 Å². The summed E-state index contributed by atoms with van der Waals surface area (Å²) in [5, 5.41) is 0. The summed E-state index contributed by atoms with van der Waals surface area (Å²) >= 11 is 0. The third-order valence-corrected chi connectivity index (χ3v) is 4.23. The molecule has 0 N–H and O–H groups in total. The Labute approximate surface area is 134 Å². The fraction of sp³-hybridized carbons (Fsp3) is 0.368. The topological polar surface area (TPSA) is 9.23 Å². The van der Waals surface area contributed by atoms with E-state index < -0.39 is 17.3 Å². The molecular weight excluding hydrogens is 301 g/mol. The summed E-state index contributed by atoms with van der Waals surface area (Å²) in [6, 6.07) is 5.60. The minimum absolute atomic E-state index is 0.107. The van der Waals surface area contributed by atoms with Gasteiger partial charge >= 0.3 is 6.18 Å². The molecular formula is C19H19F3O. The van der Waals surface area contributed by atoms with Crippen LogP contribution in [-0.4, -0.2) is 5.60 Å². The maximum absolute atomic E-state index is 13.0. The SMILES string of the molecule is CC1=CC(C)(C)OC2=C1[C@@H](c1cccc(C(F)(F)F)c1)CC=C2. The van der Waals surface area contributed by atoms with Crippen LogP contribution in [0.2, 0.25) is 0 Å². The van der Waals surface area contributed by atoms with Gasteiger partial charge in [-0.25, -0.2) is 0 Å². The number of rotatable bonds is 1. The van der Waals surface area contributed by atoms with E-state index in [4.69, 9.17) is 4.74 Å². The van der Waals surface area contributed by atoms with Crippen molar-refractivity contribution in [2.45, 2.75) is 44.9 Å². The molecule has 1 heterocycles. The highest BCUT2D eigenvalue weighted by atomic mass is 19.4. The number of ether oxygens (including phenoxy) is 1. The van der Waals surface area contributed by atoms with E-state index in [1.165, 1.54) is 12.1 Å². The van der Waals surface area contributed by atoms with Gasteiger partial charge in [-0.15, -0.1) is 0 Å². The molecule has 1 aromatic rings. The number of hydrogen-bond donors (Lipinski definition) is 0. The molecule has 23 heavy (non-hydrogen) atoms. The first-order valence-electron chi connectivity index (χ1n) is 7.64. The summed E-state index contributed by atoms with van der Waals surface area (Å²) in [5.41, 5.74) is 1.73. The molecule has 0 aromatic heterocycles. The second-order valence-corrected chi connectivity index (χ2v) is 6.62. The van der Waals surface area contributed by atoms with Crippen molar-refractivity contribution >= 4 is 0 Å². The number of allylic oxidation sites excluding steroid dienone is 4. The van der Waals surface area contributed by atoms with Crippen LogP contribution < -0.4 is 0 Å². The van der Waals surface area contributed by atoms with Gasteiger partial charge in [-0.05, 0) is 56.5 Å². The van der Waals surface area contributed by atoms with Crippen LogP contribution in [0.25, 0.3) is 0 Å². The lowest BCUT2D eigenvalue weighted by atomic mass is 9.78. The first-order valence-corrected chi connectivity index (χ1v) is 7.64. The van der Waals surface area contributed by atoms with E-state index in [-0.39, 0.29) is 5.92 Å². The van der Waals surface area contributed by atoms with Crippen molar-refractivity contribution in [2.75, 3.05) is 0 Å². The van der Waals surface area contributed by atoms with Gasteiger partial charge in [-0.1, -0.05) is 24.3 Å². The summed E-state index contributed by atoms with van der Waals surface area (Å²) in [7, 11) is 0. The molecule has 0 unspecified atom stereocenters. The van der Waals surface area contributed by atoms with Gasteiger partial charge in [0.15, 0.2) is 0 Å². The van der Waals surface area contributed by atoms with Gasteiger partial charge < -0.3 is 4.74 Å². The Morgan fingerprint density at radius 2 is 1.96 bits per heavy atom. The van der Waals surface area contributed by atoms with E-state index in [0.29, 0.717) is 12.0 Å². The van der Waals surface area contributed by atoms with E-state index in [0.717, 1.165) is 23.0 Å². The fourth-order valence-electron chi connectivity index (χ4n) is 3.40. The smallest absolute Gasteiger partial charge is 0.416 e. The Bertz CT molecular complexity index is 720. The van der Waals surface area contributed by atoms with Gasteiger partial charge in [-0.2, -0.15) is 13.2 Å².